The van der Waals surface area contributed by atoms with Crippen molar-refractivity contribution in [2.75, 3.05) is 5.75 Å². The van der Waals surface area contributed by atoms with Gasteiger partial charge >= 0.3 is 0 Å². The molecule has 76 valence electrons. The zero-order chi connectivity index (χ0) is 10.7. The van der Waals surface area contributed by atoms with Crippen molar-refractivity contribution < 1.29 is 13.0 Å². The fourth-order valence-corrected chi connectivity index (χ4v) is 1.83. The molecule has 0 spiro atoms. The lowest BCUT2D eigenvalue weighted by Crippen LogP contribution is -2.30. The van der Waals surface area contributed by atoms with Crippen molar-refractivity contribution in [3.63, 3.8) is 0 Å². The minimum absolute atomic E-state index is 0.147. The van der Waals surface area contributed by atoms with E-state index >= 15 is 0 Å². The molecule has 0 heterocycles. The molecule has 3 N–H and O–H groups in total. The first-order chi connectivity index (χ1) is 5.66. The maximum atomic E-state index is 10.5. The van der Waals surface area contributed by atoms with Crippen LogP contribution in [0.3, 0.4) is 0 Å². The molecule has 0 saturated carbocycles. The summed E-state index contributed by atoms with van der Waals surface area (Å²) < 4.78 is 29.6. The highest BCUT2D eigenvalue weighted by molar-refractivity contribution is 7.85. The summed E-state index contributed by atoms with van der Waals surface area (Å²) in [5.41, 5.74) is 4.39. The Kier molecular flexibility index (Phi) is 3.62. The summed E-state index contributed by atoms with van der Waals surface area (Å²) in [7, 11) is -4.03. The van der Waals surface area contributed by atoms with Crippen LogP contribution in [0.15, 0.2) is 17.6 Å². The van der Waals surface area contributed by atoms with Crippen molar-refractivity contribution in [1.29, 1.82) is 0 Å². The molecule has 0 fully saturated rings. The van der Waals surface area contributed by atoms with Gasteiger partial charge in [-0.25, -0.2) is 0 Å². The summed E-state index contributed by atoms with van der Waals surface area (Å²) in [5, 5.41) is 0. The Morgan fingerprint density at radius 1 is 1.69 bits per heavy atom. The Hall–Kier alpha value is -0.880. The first-order valence-corrected chi connectivity index (χ1v) is 5.20. The molecule has 0 aliphatic heterocycles. The number of hydrogen-bond donors (Lipinski definition) is 2. The van der Waals surface area contributed by atoms with Crippen LogP contribution in [0.25, 0.3) is 0 Å². The van der Waals surface area contributed by atoms with Gasteiger partial charge in [0.25, 0.3) is 10.1 Å². The molecule has 0 aliphatic rings. The molecule has 0 amide bonds. The van der Waals surface area contributed by atoms with Crippen LogP contribution in [0.5, 0.6) is 0 Å². The highest BCUT2D eigenvalue weighted by Gasteiger charge is 2.23. The predicted molar refractivity (Wildman–Crippen MR) is 52.3 cm³/mol. The molecule has 0 rings (SSSR count). The lowest BCUT2D eigenvalue weighted by Gasteiger charge is -2.17. The number of aliphatic imine (C=N–C) groups is 1. The fraction of sp³-hybridized carbons (Fsp3) is 0.571. The molecule has 0 aromatic carbocycles. The van der Waals surface area contributed by atoms with Crippen LogP contribution < -0.4 is 5.73 Å². The number of nitrogens with zero attached hydrogens (tertiary/aromatic N) is 1. The van der Waals surface area contributed by atoms with E-state index in [0.29, 0.717) is 0 Å². The van der Waals surface area contributed by atoms with Crippen LogP contribution >= 0.6 is 0 Å². The van der Waals surface area contributed by atoms with Crippen molar-refractivity contribution in [1.82, 2.24) is 0 Å². The van der Waals surface area contributed by atoms with E-state index in [1.54, 1.807) is 13.8 Å². The second-order valence-corrected chi connectivity index (χ2v) is 4.73. The molecule has 13 heavy (non-hydrogen) atoms. The Bertz CT molecular complexity index is 317. The molecular weight excluding hydrogens is 192 g/mol. The summed E-state index contributed by atoms with van der Waals surface area (Å²) in [5.74, 6) is -0.317. The van der Waals surface area contributed by atoms with E-state index < -0.39 is 21.4 Å². The third-order valence-corrected chi connectivity index (χ3v) is 2.25. The van der Waals surface area contributed by atoms with Crippen LogP contribution in [0.2, 0.25) is 0 Å². The van der Waals surface area contributed by atoms with E-state index in [9.17, 15) is 8.42 Å². The van der Waals surface area contributed by atoms with Gasteiger partial charge in [0, 0.05) is 0 Å². The van der Waals surface area contributed by atoms with Crippen LogP contribution in [-0.4, -0.2) is 30.1 Å². The average Bonchev–Trinajstić information content (AvgIpc) is 1.80. The van der Waals surface area contributed by atoms with Gasteiger partial charge in [-0.1, -0.05) is 6.58 Å². The van der Waals surface area contributed by atoms with Gasteiger partial charge in [-0.2, -0.15) is 8.42 Å². The molecule has 0 saturated heterocycles. The van der Waals surface area contributed by atoms with Crippen LogP contribution in [0.4, 0.5) is 0 Å². The highest BCUT2D eigenvalue weighted by Crippen LogP contribution is 2.11. The Labute approximate surface area is 78.1 Å². The number of nitrogens with two attached hydrogens (primary N) is 1. The molecule has 0 aromatic rings. The highest BCUT2D eigenvalue weighted by atomic mass is 32.2. The zero-order valence-corrected chi connectivity index (χ0v) is 8.50. The second kappa shape index (κ2) is 3.89. The monoisotopic (exact) mass is 206 g/mol. The average molecular weight is 206 g/mol. The van der Waals surface area contributed by atoms with E-state index in [1.807, 2.05) is 0 Å². The maximum Gasteiger partial charge on any atom is 0.267 e. The molecule has 6 heteroatoms. The van der Waals surface area contributed by atoms with Crippen LogP contribution in [0, 0.1) is 0 Å². The van der Waals surface area contributed by atoms with Gasteiger partial charge in [-0.3, -0.25) is 9.55 Å². The molecule has 0 aromatic heterocycles. The molecular formula is C7H14N2O3S. The topological polar surface area (TPSA) is 92.8 Å². The van der Waals surface area contributed by atoms with E-state index in [-0.39, 0.29) is 5.84 Å². The van der Waals surface area contributed by atoms with E-state index in [4.69, 9.17) is 10.3 Å². The zero-order valence-electron chi connectivity index (χ0n) is 7.69. The minimum atomic E-state index is -4.03. The first-order valence-electron chi connectivity index (χ1n) is 3.59. The SMILES string of the molecule is C=CC(N)=NC(C)(C)CS(=O)(=O)O. The standard InChI is InChI=1S/C7H14N2O3S/c1-4-6(8)9-7(2,3)5-13(10,11)12/h4H,1,5H2,2-3H3,(H2,8,9)(H,10,11,12). The Morgan fingerprint density at radius 2 is 2.15 bits per heavy atom. The van der Waals surface area contributed by atoms with Crippen molar-refractivity contribution >= 4 is 16.0 Å². The smallest absolute Gasteiger partial charge is 0.267 e. The van der Waals surface area contributed by atoms with Crippen molar-refractivity contribution in [2.24, 2.45) is 10.7 Å². The van der Waals surface area contributed by atoms with Gasteiger partial charge in [-0.05, 0) is 19.9 Å². The summed E-state index contributed by atoms with van der Waals surface area (Å²) in [4.78, 5) is 3.85. The van der Waals surface area contributed by atoms with Gasteiger partial charge < -0.3 is 5.73 Å². The molecule has 0 atom stereocenters. The van der Waals surface area contributed by atoms with Crippen molar-refractivity contribution in [3.8, 4) is 0 Å². The van der Waals surface area contributed by atoms with Crippen LogP contribution in [0.1, 0.15) is 13.8 Å². The number of hydrogen-bond acceptors (Lipinski definition) is 3. The Morgan fingerprint density at radius 3 is 2.46 bits per heavy atom. The van der Waals surface area contributed by atoms with Gasteiger partial charge in [0.2, 0.25) is 0 Å². The summed E-state index contributed by atoms with van der Waals surface area (Å²) in [6, 6.07) is 0. The van der Waals surface area contributed by atoms with Gasteiger partial charge in [0.15, 0.2) is 0 Å². The maximum absolute atomic E-state index is 10.5. The molecule has 0 unspecified atom stereocenters. The molecule has 0 bridgehead atoms. The van der Waals surface area contributed by atoms with Gasteiger partial charge in [-0.15, -0.1) is 0 Å². The molecule has 0 radical (unpaired) electrons. The lowest BCUT2D eigenvalue weighted by molar-refractivity contribution is 0.461. The predicted octanol–water partition coefficient (Wildman–Crippen LogP) is 0.196. The molecule has 0 aliphatic carbocycles. The minimum Gasteiger partial charge on any atom is -0.384 e. The Balaban J connectivity index is 4.69. The van der Waals surface area contributed by atoms with E-state index in [2.05, 4.69) is 11.6 Å². The summed E-state index contributed by atoms with van der Waals surface area (Å²) in [6.07, 6.45) is 1.31. The summed E-state index contributed by atoms with van der Waals surface area (Å²) in [6.45, 7) is 6.48. The number of amidine groups is 1. The van der Waals surface area contributed by atoms with Crippen molar-refractivity contribution in [2.45, 2.75) is 19.4 Å². The molecule has 5 nitrogen and oxygen atoms in total. The fourth-order valence-electron chi connectivity index (χ4n) is 0.874. The third kappa shape index (κ3) is 6.30. The van der Waals surface area contributed by atoms with E-state index in [0.717, 1.165) is 0 Å². The van der Waals surface area contributed by atoms with Gasteiger partial charge in [0.05, 0.1) is 5.54 Å². The van der Waals surface area contributed by atoms with E-state index in [1.165, 1.54) is 6.08 Å². The third-order valence-electron chi connectivity index (χ3n) is 1.18. The largest absolute Gasteiger partial charge is 0.384 e. The first kappa shape index (κ1) is 12.1. The quantitative estimate of drug-likeness (QED) is 0.390. The number of rotatable bonds is 4. The van der Waals surface area contributed by atoms with Crippen LogP contribution in [-0.2, 0) is 10.1 Å². The lowest BCUT2D eigenvalue weighted by atomic mass is 10.1. The van der Waals surface area contributed by atoms with Gasteiger partial charge in [0.1, 0.15) is 11.6 Å². The summed E-state index contributed by atoms with van der Waals surface area (Å²) >= 11 is 0. The normalized spacial score (nSPS) is 14.2. The second-order valence-electron chi connectivity index (χ2n) is 3.28. The van der Waals surface area contributed by atoms with Crippen molar-refractivity contribution in [3.05, 3.63) is 12.7 Å².